The molecule has 3 heteroatoms. The standard InChI is InChI=1S/C17H25ClFN/c1-13(2)20-12-17(9-4-3-5-10-17)11-14-15(18)7-6-8-16(14)19/h6-8,13,20H,3-5,9-12H2,1-2H3. The van der Waals surface area contributed by atoms with Crippen LogP contribution < -0.4 is 5.32 Å². The topological polar surface area (TPSA) is 12.0 Å². The van der Waals surface area contributed by atoms with Gasteiger partial charge in [-0.15, -0.1) is 0 Å². The molecule has 1 saturated carbocycles. The van der Waals surface area contributed by atoms with E-state index in [-0.39, 0.29) is 11.2 Å². The predicted octanol–water partition coefficient (Wildman–Crippen LogP) is 4.97. The Labute approximate surface area is 126 Å². The van der Waals surface area contributed by atoms with E-state index in [1.807, 2.05) is 0 Å². The molecule has 1 aliphatic carbocycles. The van der Waals surface area contributed by atoms with Gasteiger partial charge >= 0.3 is 0 Å². The van der Waals surface area contributed by atoms with Crippen molar-refractivity contribution < 1.29 is 4.39 Å². The van der Waals surface area contributed by atoms with E-state index >= 15 is 0 Å². The summed E-state index contributed by atoms with van der Waals surface area (Å²) in [5.41, 5.74) is 0.857. The molecule has 1 aromatic rings. The van der Waals surface area contributed by atoms with Crippen LogP contribution in [0.2, 0.25) is 5.02 Å². The fourth-order valence-corrected chi connectivity index (χ4v) is 3.44. The van der Waals surface area contributed by atoms with Crippen LogP contribution in [0.15, 0.2) is 18.2 Å². The number of rotatable bonds is 5. The minimum absolute atomic E-state index is 0.160. The van der Waals surface area contributed by atoms with Gasteiger partial charge in [0.15, 0.2) is 0 Å². The molecule has 0 amide bonds. The smallest absolute Gasteiger partial charge is 0.127 e. The van der Waals surface area contributed by atoms with Gasteiger partial charge in [0.2, 0.25) is 0 Å². The summed E-state index contributed by atoms with van der Waals surface area (Å²) in [5.74, 6) is -0.160. The Bertz CT molecular complexity index is 418. The zero-order valence-electron chi connectivity index (χ0n) is 12.5. The lowest BCUT2D eigenvalue weighted by Crippen LogP contribution is -2.40. The van der Waals surface area contributed by atoms with Crippen molar-refractivity contribution >= 4 is 11.6 Å². The summed E-state index contributed by atoms with van der Waals surface area (Å²) >= 11 is 6.21. The molecule has 1 aromatic carbocycles. The third-order valence-electron chi connectivity index (χ3n) is 4.41. The molecule has 0 radical (unpaired) electrons. The summed E-state index contributed by atoms with van der Waals surface area (Å²) < 4.78 is 14.1. The van der Waals surface area contributed by atoms with Crippen LogP contribution >= 0.6 is 11.6 Å². The van der Waals surface area contributed by atoms with E-state index in [0.717, 1.165) is 25.8 Å². The minimum atomic E-state index is -0.160. The van der Waals surface area contributed by atoms with E-state index in [2.05, 4.69) is 19.2 Å². The highest BCUT2D eigenvalue weighted by molar-refractivity contribution is 6.31. The highest BCUT2D eigenvalue weighted by Gasteiger charge is 2.33. The third-order valence-corrected chi connectivity index (χ3v) is 4.77. The average Bonchev–Trinajstić information content (AvgIpc) is 2.42. The third kappa shape index (κ3) is 3.95. The lowest BCUT2D eigenvalue weighted by Gasteiger charge is -2.38. The molecule has 1 fully saturated rings. The van der Waals surface area contributed by atoms with E-state index < -0.39 is 0 Å². The minimum Gasteiger partial charge on any atom is -0.314 e. The van der Waals surface area contributed by atoms with Crippen molar-refractivity contribution in [2.75, 3.05) is 6.54 Å². The Kier molecular flexibility index (Phi) is 5.45. The summed E-state index contributed by atoms with van der Waals surface area (Å²) in [6.07, 6.45) is 6.86. The van der Waals surface area contributed by atoms with Crippen molar-refractivity contribution in [3.05, 3.63) is 34.6 Å². The summed E-state index contributed by atoms with van der Waals surface area (Å²) in [4.78, 5) is 0. The van der Waals surface area contributed by atoms with E-state index in [4.69, 9.17) is 11.6 Å². The highest BCUT2D eigenvalue weighted by Crippen LogP contribution is 2.40. The molecule has 112 valence electrons. The van der Waals surface area contributed by atoms with Gasteiger partial charge in [-0.25, -0.2) is 4.39 Å². The van der Waals surface area contributed by atoms with Crippen LogP contribution in [0.25, 0.3) is 0 Å². The lowest BCUT2D eigenvalue weighted by atomic mass is 9.70. The first kappa shape index (κ1) is 15.8. The first-order chi connectivity index (χ1) is 9.52. The van der Waals surface area contributed by atoms with Crippen molar-refractivity contribution in [2.45, 2.75) is 58.4 Å². The molecule has 1 aliphatic rings. The quantitative estimate of drug-likeness (QED) is 0.809. The molecule has 0 saturated heterocycles. The van der Waals surface area contributed by atoms with Gasteiger partial charge in [-0.05, 0) is 36.8 Å². The summed E-state index contributed by atoms with van der Waals surface area (Å²) in [6, 6.07) is 5.46. The van der Waals surface area contributed by atoms with Gasteiger partial charge < -0.3 is 5.32 Å². The molecule has 1 N–H and O–H groups in total. The predicted molar refractivity (Wildman–Crippen MR) is 83.8 cm³/mol. The normalized spacial score (nSPS) is 18.4. The van der Waals surface area contributed by atoms with Crippen LogP contribution in [0.1, 0.15) is 51.5 Å². The van der Waals surface area contributed by atoms with E-state index in [1.165, 1.54) is 25.3 Å². The molecular formula is C17H25ClFN. The Morgan fingerprint density at radius 3 is 2.55 bits per heavy atom. The SMILES string of the molecule is CC(C)NCC1(Cc2c(F)cccc2Cl)CCCCC1. The maximum Gasteiger partial charge on any atom is 0.127 e. The zero-order valence-corrected chi connectivity index (χ0v) is 13.3. The molecule has 0 heterocycles. The second-order valence-corrected chi connectivity index (χ2v) is 6.88. The van der Waals surface area contributed by atoms with Gasteiger partial charge in [-0.2, -0.15) is 0 Å². The molecule has 0 aliphatic heterocycles. The molecule has 2 rings (SSSR count). The van der Waals surface area contributed by atoms with E-state index in [1.54, 1.807) is 12.1 Å². The molecule has 0 spiro atoms. The zero-order chi connectivity index (χ0) is 14.6. The molecule has 1 nitrogen and oxygen atoms in total. The number of halogens is 2. The Hall–Kier alpha value is -0.600. The number of benzene rings is 1. The van der Waals surface area contributed by atoms with Gasteiger partial charge in [-0.1, -0.05) is 50.8 Å². The summed E-state index contributed by atoms with van der Waals surface area (Å²) in [5, 5.41) is 4.12. The summed E-state index contributed by atoms with van der Waals surface area (Å²) in [6.45, 7) is 5.27. The largest absolute Gasteiger partial charge is 0.314 e. The van der Waals surface area contributed by atoms with E-state index in [9.17, 15) is 4.39 Å². The van der Waals surface area contributed by atoms with Crippen LogP contribution in [-0.2, 0) is 6.42 Å². The van der Waals surface area contributed by atoms with Crippen LogP contribution in [-0.4, -0.2) is 12.6 Å². The van der Waals surface area contributed by atoms with Gasteiger partial charge in [0.05, 0.1) is 0 Å². The van der Waals surface area contributed by atoms with Crippen molar-refractivity contribution in [2.24, 2.45) is 5.41 Å². The van der Waals surface area contributed by atoms with Crippen molar-refractivity contribution in [3.8, 4) is 0 Å². The fraction of sp³-hybridized carbons (Fsp3) is 0.647. The van der Waals surface area contributed by atoms with Gasteiger partial charge in [0.25, 0.3) is 0 Å². The second kappa shape index (κ2) is 6.91. The Morgan fingerprint density at radius 1 is 1.25 bits per heavy atom. The van der Waals surface area contributed by atoms with Gasteiger partial charge in [0, 0.05) is 23.2 Å². The Morgan fingerprint density at radius 2 is 1.95 bits per heavy atom. The van der Waals surface area contributed by atoms with Crippen molar-refractivity contribution in [1.29, 1.82) is 0 Å². The first-order valence-corrected chi connectivity index (χ1v) is 8.06. The van der Waals surface area contributed by atoms with Crippen LogP contribution in [0, 0.1) is 11.2 Å². The summed E-state index contributed by atoms with van der Waals surface area (Å²) in [7, 11) is 0. The van der Waals surface area contributed by atoms with Gasteiger partial charge in [0.1, 0.15) is 5.82 Å². The van der Waals surface area contributed by atoms with Crippen LogP contribution in [0.4, 0.5) is 4.39 Å². The molecular weight excluding hydrogens is 273 g/mol. The van der Waals surface area contributed by atoms with Crippen LogP contribution in [0.3, 0.4) is 0 Å². The number of hydrogen-bond donors (Lipinski definition) is 1. The van der Waals surface area contributed by atoms with Crippen molar-refractivity contribution in [3.63, 3.8) is 0 Å². The first-order valence-electron chi connectivity index (χ1n) is 7.69. The maximum absolute atomic E-state index is 14.1. The Balaban J connectivity index is 2.18. The average molecular weight is 298 g/mol. The van der Waals surface area contributed by atoms with Crippen molar-refractivity contribution in [1.82, 2.24) is 5.32 Å². The fourth-order valence-electron chi connectivity index (χ4n) is 3.21. The molecule has 20 heavy (non-hydrogen) atoms. The molecule has 0 atom stereocenters. The van der Waals surface area contributed by atoms with Crippen LogP contribution in [0.5, 0.6) is 0 Å². The van der Waals surface area contributed by atoms with Gasteiger partial charge in [-0.3, -0.25) is 0 Å². The maximum atomic E-state index is 14.1. The number of nitrogens with one attached hydrogen (secondary N) is 1. The molecule has 0 bridgehead atoms. The lowest BCUT2D eigenvalue weighted by molar-refractivity contribution is 0.175. The molecule has 0 aromatic heterocycles. The number of hydrogen-bond acceptors (Lipinski definition) is 1. The second-order valence-electron chi connectivity index (χ2n) is 6.47. The van der Waals surface area contributed by atoms with E-state index in [0.29, 0.717) is 16.6 Å². The molecule has 0 unspecified atom stereocenters. The monoisotopic (exact) mass is 297 g/mol. The highest BCUT2D eigenvalue weighted by atomic mass is 35.5.